The largest absolute Gasteiger partial charge is 0.388 e. The van der Waals surface area contributed by atoms with Gasteiger partial charge in [-0.3, -0.25) is 0 Å². The predicted octanol–water partition coefficient (Wildman–Crippen LogP) is 3.07. The molecule has 0 saturated carbocycles. The molecular formula is C14H21F2NOS. The van der Waals surface area contributed by atoms with Crippen LogP contribution in [0.5, 0.6) is 0 Å². The fraction of sp³-hybridized carbons (Fsp3) is 0.571. The van der Waals surface area contributed by atoms with Crippen LogP contribution in [-0.2, 0) is 0 Å². The average molecular weight is 289 g/mol. The van der Waals surface area contributed by atoms with Gasteiger partial charge in [-0.2, -0.15) is 11.8 Å². The summed E-state index contributed by atoms with van der Waals surface area (Å²) >= 11 is 1.77. The molecule has 0 saturated heterocycles. The topological polar surface area (TPSA) is 23.5 Å². The molecule has 2 unspecified atom stereocenters. The average Bonchev–Trinajstić information content (AvgIpc) is 2.34. The Hall–Kier alpha value is -0.650. The first kappa shape index (κ1) is 16.4. The SMILES string of the molecule is CSCC(C)N(C)CCC(O)c1cc(F)cc(F)c1. The third-order valence-electron chi connectivity index (χ3n) is 3.19. The second-order valence-corrected chi connectivity index (χ2v) is 5.70. The van der Waals surface area contributed by atoms with Gasteiger partial charge in [-0.05, 0) is 44.3 Å². The fourth-order valence-electron chi connectivity index (χ4n) is 1.85. The van der Waals surface area contributed by atoms with Crippen molar-refractivity contribution in [2.24, 2.45) is 0 Å². The van der Waals surface area contributed by atoms with Crippen LogP contribution >= 0.6 is 11.8 Å². The van der Waals surface area contributed by atoms with Crippen LogP contribution in [0.1, 0.15) is 25.0 Å². The second kappa shape index (κ2) is 7.82. The number of rotatable bonds is 7. The molecule has 19 heavy (non-hydrogen) atoms. The molecule has 0 aliphatic carbocycles. The Kier molecular flexibility index (Phi) is 6.75. The van der Waals surface area contributed by atoms with E-state index in [9.17, 15) is 13.9 Å². The highest BCUT2D eigenvalue weighted by molar-refractivity contribution is 7.98. The molecule has 0 fully saturated rings. The maximum absolute atomic E-state index is 13.1. The Morgan fingerprint density at radius 3 is 2.37 bits per heavy atom. The number of aliphatic hydroxyl groups excluding tert-OH is 1. The molecule has 0 amide bonds. The molecule has 1 N–H and O–H groups in total. The van der Waals surface area contributed by atoms with Crippen LogP contribution in [0.25, 0.3) is 0 Å². The normalized spacial score (nSPS) is 14.7. The highest BCUT2D eigenvalue weighted by atomic mass is 32.2. The smallest absolute Gasteiger partial charge is 0.126 e. The van der Waals surface area contributed by atoms with E-state index in [1.165, 1.54) is 12.1 Å². The predicted molar refractivity (Wildman–Crippen MR) is 76.4 cm³/mol. The van der Waals surface area contributed by atoms with Crippen molar-refractivity contribution in [2.75, 3.05) is 25.6 Å². The molecule has 0 aliphatic heterocycles. The molecule has 0 heterocycles. The van der Waals surface area contributed by atoms with Crippen LogP contribution in [0, 0.1) is 11.6 Å². The zero-order valence-corrected chi connectivity index (χ0v) is 12.4. The van der Waals surface area contributed by atoms with Gasteiger partial charge >= 0.3 is 0 Å². The molecule has 0 aromatic heterocycles. The van der Waals surface area contributed by atoms with Crippen molar-refractivity contribution in [3.05, 3.63) is 35.4 Å². The maximum Gasteiger partial charge on any atom is 0.126 e. The number of hydrogen-bond donors (Lipinski definition) is 1. The summed E-state index contributed by atoms with van der Waals surface area (Å²) in [6.45, 7) is 2.80. The molecule has 1 rings (SSSR count). The van der Waals surface area contributed by atoms with E-state index >= 15 is 0 Å². The lowest BCUT2D eigenvalue weighted by atomic mass is 10.1. The number of benzene rings is 1. The van der Waals surface area contributed by atoms with Crippen LogP contribution < -0.4 is 0 Å². The first-order valence-electron chi connectivity index (χ1n) is 6.27. The first-order valence-corrected chi connectivity index (χ1v) is 7.66. The molecule has 1 aromatic rings. The summed E-state index contributed by atoms with van der Waals surface area (Å²) in [7, 11) is 1.99. The lowest BCUT2D eigenvalue weighted by molar-refractivity contribution is 0.141. The molecular weight excluding hydrogens is 268 g/mol. The van der Waals surface area contributed by atoms with Gasteiger partial charge in [0, 0.05) is 24.4 Å². The van der Waals surface area contributed by atoms with Gasteiger partial charge in [-0.25, -0.2) is 8.78 Å². The standard InChI is InChI=1S/C14H21F2NOS/c1-10(9-19-3)17(2)5-4-14(18)11-6-12(15)8-13(16)7-11/h6-8,10,14,18H,4-5,9H2,1-3H3. The van der Waals surface area contributed by atoms with Crippen molar-refractivity contribution >= 4 is 11.8 Å². The lowest BCUT2D eigenvalue weighted by Gasteiger charge is -2.25. The minimum atomic E-state index is -0.839. The van der Waals surface area contributed by atoms with Crippen LogP contribution in [0.15, 0.2) is 18.2 Å². The van der Waals surface area contributed by atoms with Gasteiger partial charge in [0.2, 0.25) is 0 Å². The first-order chi connectivity index (χ1) is 8.93. The zero-order chi connectivity index (χ0) is 14.4. The minimum absolute atomic E-state index is 0.295. The van der Waals surface area contributed by atoms with E-state index in [0.29, 0.717) is 24.6 Å². The summed E-state index contributed by atoms with van der Waals surface area (Å²) in [5, 5.41) is 9.96. The number of hydrogen-bond acceptors (Lipinski definition) is 3. The van der Waals surface area contributed by atoms with Gasteiger partial charge in [0.25, 0.3) is 0 Å². The van der Waals surface area contributed by atoms with Crippen molar-refractivity contribution in [3.8, 4) is 0 Å². The van der Waals surface area contributed by atoms with Crippen LogP contribution in [-0.4, -0.2) is 41.6 Å². The summed E-state index contributed by atoms with van der Waals surface area (Å²) in [4.78, 5) is 2.13. The summed E-state index contributed by atoms with van der Waals surface area (Å²) in [5.74, 6) is -0.294. The molecule has 2 atom stereocenters. The van der Waals surface area contributed by atoms with E-state index in [1.54, 1.807) is 11.8 Å². The van der Waals surface area contributed by atoms with Gasteiger partial charge in [0.05, 0.1) is 6.10 Å². The van der Waals surface area contributed by atoms with Gasteiger partial charge in [0.15, 0.2) is 0 Å². The van der Waals surface area contributed by atoms with Crippen LogP contribution in [0.4, 0.5) is 8.78 Å². The summed E-state index contributed by atoms with van der Waals surface area (Å²) in [6, 6.07) is 3.58. The van der Waals surface area contributed by atoms with E-state index in [0.717, 1.165) is 11.8 Å². The van der Waals surface area contributed by atoms with Crippen molar-refractivity contribution in [1.29, 1.82) is 0 Å². The Bertz CT molecular complexity index is 383. The van der Waals surface area contributed by atoms with Gasteiger partial charge in [-0.15, -0.1) is 0 Å². The molecule has 5 heteroatoms. The Morgan fingerprint density at radius 1 is 1.26 bits per heavy atom. The number of aliphatic hydroxyl groups is 1. The highest BCUT2D eigenvalue weighted by Gasteiger charge is 2.14. The monoisotopic (exact) mass is 289 g/mol. The third-order valence-corrected chi connectivity index (χ3v) is 4.00. The Labute approximate surface area is 117 Å². The maximum atomic E-state index is 13.1. The lowest BCUT2D eigenvalue weighted by Crippen LogP contribution is -2.32. The molecule has 0 aliphatic rings. The highest BCUT2D eigenvalue weighted by Crippen LogP contribution is 2.20. The van der Waals surface area contributed by atoms with E-state index < -0.39 is 17.7 Å². The quantitative estimate of drug-likeness (QED) is 0.834. The van der Waals surface area contributed by atoms with Crippen molar-refractivity contribution in [1.82, 2.24) is 4.90 Å². The molecule has 2 nitrogen and oxygen atoms in total. The third kappa shape index (κ3) is 5.47. The van der Waals surface area contributed by atoms with E-state index in [2.05, 4.69) is 18.1 Å². The van der Waals surface area contributed by atoms with E-state index in [1.807, 2.05) is 7.05 Å². The summed E-state index contributed by atoms with van der Waals surface area (Å²) in [5.41, 5.74) is 0.295. The van der Waals surface area contributed by atoms with Crippen molar-refractivity contribution in [3.63, 3.8) is 0 Å². The Balaban J connectivity index is 2.53. The number of halogens is 2. The molecule has 0 radical (unpaired) electrons. The molecule has 108 valence electrons. The summed E-state index contributed by atoms with van der Waals surface area (Å²) in [6.07, 6.45) is 1.67. The second-order valence-electron chi connectivity index (χ2n) is 4.79. The Morgan fingerprint density at radius 2 is 1.84 bits per heavy atom. The van der Waals surface area contributed by atoms with Crippen LogP contribution in [0.3, 0.4) is 0 Å². The van der Waals surface area contributed by atoms with Crippen LogP contribution in [0.2, 0.25) is 0 Å². The minimum Gasteiger partial charge on any atom is -0.388 e. The van der Waals surface area contributed by atoms with E-state index in [-0.39, 0.29) is 0 Å². The van der Waals surface area contributed by atoms with Crippen molar-refractivity contribution in [2.45, 2.75) is 25.5 Å². The number of nitrogens with zero attached hydrogens (tertiary/aromatic N) is 1. The van der Waals surface area contributed by atoms with Gasteiger partial charge < -0.3 is 10.0 Å². The zero-order valence-electron chi connectivity index (χ0n) is 11.6. The molecule has 0 spiro atoms. The number of thioether (sulfide) groups is 1. The fourth-order valence-corrected chi connectivity index (χ4v) is 2.59. The van der Waals surface area contributed by atoms with Crippen molar-refractivity contribution < 1.29 is 13.9 Å². The molecule has 1 aromatic carbocycles. The van der Waals surface area contributed by atoms with E-state index in [4.69, 9.17) is 0 Å². The van der Waals surface area contributed by atoms with Gasteiger partial charge in [0.1, 0.15) is 11.6 Å². The molecule has 0 bridgehead atoms. The summed E-state index contributed by atoms with van der Waals surface area (Å²) < 4.78 is 26.1. The van der Waals surface area contributed by atoms with Gasteiger partial charge in [-0.1, -0.05) is 0 Å².